The van der Waals surface area contributed by atoms with Gasteiger partial charge in [-0.25, -0.2) is 0 Å². The lowest BCUT2D eigenvalue weighted by atomic mass is 9.63. The number of hydrogen-bond acceptors (Lipinski definition) is 2. The number of carbonyl (C=O) groups excluding carboxylic acids is 2. The smallest absolute Gasteiger partial charge is 0.230 e. The molecule has 0 aromatic carbocycles. The molecule has 3 unspecified atom stereocenters. The maximum atomic E-state index is 12.4. The first-order chi connectivity index (χ1) is 9.97. The van der Waals surface area contributed by atoms with Gasteiger partial charge in [0, 0.05) is 12.3 Å². The molecule has 2 rings (SSSR count). The number of rotatable bonds is 4. The van der Waals surface area contributed by atoms with Crippen LogP contribution >= 0.6 is 0 Å². The monoisotopic (exact) mass is 293 g/mol. The largest absolute Gasteiger partial charge is 0.296 e. The van der Waals surface area contributed by atoms with Crippen LogP contribution in [0.15, 0.2) is 0 Å². The quantitative estimate of drug-likeness (QED) is 0.794. The van der Waals surface area contributed by atoms with E-state index >= 15 is 0 Å². The zero-order valence-corrected chi connectivity index (χ0v) is 13.9. The second-order valence-electron chi connectivity index (χ2n) is 7.72. The molecule has 1 aliphatic heterocycles. The van der Waals surface area contributed by atoms with E-state index in [1.807, 2.05) is 0 Å². The molecule has 0 radical (unpaired) electrons. The van der Waals surface area contributed by atoms with E-state index in [4.69, 9.17) is 0 Å². The Morgan fingerprint density at radius 2 is 2.00 bits per heavy atom. The van der Waals surface area contributed by atoms with Crippen molar-refractivity contribution in [2.75, 3.05) is 0 Å². The zero-order valence-electron chi connectivity index (χ0n) is 13.9. The summed E-state index contributed by atoms with van der Waals surface area (Å²) in [5.41, 5.74) is -0.0494. The molecule has 2 aliphatic rings. The summed E-state index contributed by atoms with van der Waals surface area (Å²) in [6, 6.07) is 0. The van der Waals surface area contributed by atoms with Crippen molar-refractivity contribution in [1.29, 1.82) is 0 Å². The Hall–Kier alpha value is -0.860. The first-order valence-corrected chi connectivity index (χ1v) is 8.80. The van der Waals surface area contributed by atoms with Crippen LogP contribution in [0.2, 0.25) is 0 Å². The number of amides is 2. The fourth-order valence-electron chi connectivity index (χ4n) is 4.54. The van der Waals surface area contributed by atoms with Gasteiger partial charge in [0.25, 0.3) is 0 Å². The van der Waals surface area contributed by atoms with Crippen LogP contribution in [0.1, 0.15) is 78.6 Å². The first kappa shape index (κ1) is 16.5. The third kappa shape index (κ3) is 3.87. The zero-order chi connectivity index (χ0) is 15.5. The maximum Gasteiger partial charge on any atom is 0.230 e. The molecule has 1 spiro atoms. The third-order valence-electron chi connectivity index (χ3n) is 5.57. The number of imide groups is 1. The predicted octanol–water partition coefficient (Wildman–Crippen LogP) is 4.06. The summed E-state index contributed by atoms with van der Waals surface area (Å²) >= 11 is 0. The van der Waals surface area contributed by atoms with Crippen LogP contribution in [-0.4, -0.2) is 11.8 Å². The van der Waals surface area contributed by atoms with Crippen LogP contribution in [0.25, 0.3) is 0 Å². The van der Waals surface area contributed by atoms with Gasteiger partial charge in [-0.2, -0.15) is 0 Å². The molecule has 3 heteroatoms. The molecule has 1 saturated heterocycles. The van der Waals surface area contributed by atoms with Crippen LogP contribution in [-0.2, 0) is 9.59 Å². The predicted molar refractivity (Wildman–Crippen MR) is 84.6 cm³/mol. The Labute approximate surface area is 129 Å². The fraction of sp³-hybridized carbons (Fsp3) is 0.889. The van der Waals surface area contributed by atoms with E-state index in [0.29, 0.717) is 12.3 Å². The van der Waals surface area contributed by atoms with Gasteiger partial charge < -0.3 is 0 Å². The van der Waals surface area contributed by atoms with Gasteiger partial charge in [0.2, 0.25) is 11.8 Å². The van der Waals surface area contributed by atoms with Crippen molar-refractivity contribution >= 4 is 11.8 Å². The normalized spacial score (nSPS) is 34.1. The highest BCUT2D eigenvalue weighted by atomic mass is 16.2. The van der Waals surface area contributed by atoms with E-state index in [0.717, 1.165) is 25.2 Å². The van der Waals surface area contributed by atoms with Crippen LogP contribution in [0.4, 0.5) is 0 Å². The number of hydrogen-bond donors (Lipinski definition) is 1. The fourth-order valence-corrected chi connectivity index (χ4v) is 4.54. The molecule has 0 aromatic rings. The highest BCUT2D eigenvalue weighted by Gasteiger charge is 2.48. The topological polar surface area (TPSA) is 46.2 Å². The molecule has 3 atom stereocenters. The molecular weight excluding hydrogens is 262 g/mol. The number of carbonyl (C=O) groups is 2. The second kappa shape index (κ2) is 6.93. The van der Waals surface area contributed by atoms with Gasteiger partial charge in [-0.1, -0.05) is 46.5 Å². The summed E-state index contributed by atoms with van der Waals surface area (Å²) in [6.07, 6.45) is 9.80. The second-order valence-corrected chi connectivity index (χ2v) is 7.72. The Bertz CT molecular complexity index is 391. The molecule has 21 heavy (non-hydrogen) atoms. The average molecular weight is 293 g/mol. The van der Waals surface area contributed by atoms with Gasteiger partial charge in [0.05, 0.1) is 0 Å². The molecule has 0 bridgehead atoms. The SMILES string of the molecule is CCCC1CCCC2(CC1)CC(=O)NC(=O)C2CC(C)C. The Balaban J connectivity index is 2.18. The molecule has 3 nitrogen and oxygen atoms in total. The van der Waals surface area contributed by atoms with E-state index in [9.17, 15) is 9.59 Å². The lowest BCUT2D eigenvalue weighted by molar-refractivity contribution is -0.145. The van der Waals surface area contributed by atoms with E-state index in [2.05, 4.69) is 26.1 Å². The number of piperidine rings is 1. The summed E-state index contributed by atoms with van der Waals surface area (Å²) < 4.78 is 0. The Kier molecular flexibility index (Phi) is 5.45. The van der Waals surface area contributed by atoms with Crippen molar-refractivity contribution in [3.8, 4) is 0 Å². The van der Waals surface area contributed by atoms with Crippen molar-refractivity contribution in [1.82, 2.24) is 5.32 Å². The molecule has 0 aromatic heterocycles. The Morgan fingerprint density at radius 3 is 2.67 bits per heavy atom. The van der Waals surface area contributed by atoms with E-state index < -0.39 is 0 Å². The van der Waals surface area contributed by atoms with Crippen LogP contribution in [0.3, 0.4) is 0 Å². The molecule has 120 valence electrons. The Morgan fingerprint density at radius 1 is 1.24 bits per heavy atom. The van der Waals surface area contributed by atoms with Crippen molar-refractivity contribution in [3.05, 3.63) is 0 Å². The molecule has 1 heterocycles. The number of nitrogens with one attached hydrogen (secondary N) is 1. The van der Waals surface area contributed by atoms with E-state index in [1.165, 1.54) is 32.1 Å². The van der Waals surface area contributed by atoms with Gasteiger partial charge in [0.1, 0.15) is 0 Å². The lowest BCUT2D eigenvalue weighted by Crippen LogP contribution is -2.52. The maximum absolute atomic E-state index is 12.4. The molecule has 1 N–H and O–H groups in total. The third-order valence-corrected chi connectivity index (χ3v) is 5.57. The first-order valence-electron chi connectivity index (χ1n) is 8.80. The van der Waals surface area contributed by atoms with Gasteiger partial charge in [-0.05, 0) is 42.9 Å². The lowest BCUT2D eigenvalue weighted by Gasteiger charge is -2.43. The van der Waals surface area contributed by atoms with Gasteiger partial charge in [-0.3, -0.25) is 14.9 Å². The molecule has 2 amide bonds. The average Bonchev–Trinajstić information content (AvgIpc) is 2.58. The summed E-state index contributed by atoms with van der Waals surface area (Å²) in [6.45, 7) is 6.60. The van der Waals surface area contributed by atoms with Crippen molar-refractivity contribution in [2.45, 2.75) is 78.6 Å². The van der Waals surface area contributed by atoms with Crippen LogP contribution < -0.4 is 5.32 Å². The van der Waals surface area contributed by atoms with E-state index in [-0.39, 0.29) is 23.1 Å². The molecule has 1 saturated carbocycles. The minimum atomic E-state index is -0.0494. The summed E-state index contributed by atoms with van der Waals surface area (Å²) in [5, 5.41) is 2.59. The highest BCUT2D eigenvalue weighted by molar-refractivity contribution is 5.99. The summed E-state index contributed by atoms with van der Waals surface area (Å²) in [7, 11) is 0. The van der Waals surface area contributed by atoms with Crippen molar-refractivity contribution in [3.63, 3.8) is 0 Å². The van der Waals surface area contributed by atoms with Crippen LogP contribution in [0.5, 0.6) is 0 Å². The van der Waals surface area contributed by atoms with Crippen molar-refractivity contribution < 1.29 is 9.59 Å². The van der Waals surface area contributed by atoms with Gasteiger partial charge >= 0.3 is 0 Å². The van der Waals surface area contributed by atoms with Gasteiger partial charge in [0.15, 0.2) is 0 Å². The van der Waals surface area contributed by atoms with Crippen LogP contribution in [0, 0.1) is 23.2 Å². The standard InChI is InChI=1S/C18H31NO2/c1-4-6-14-7-5-9-18(10-8-14)12-16(20)19-17(21)15(18)11-13(2)3/h13-15H,4-12H2,1-3H3,(H,19,20,21). The highest BCUT2D eigenvalue weighted by Crippen LogP contribution is 2.49. The summed E-state index contributed by atoms with van der Waals surface area (Å²) in [4.78, 5) is 24.4. The van der Waals surface area contributed by atoms with Crippen molar-refractivity contribution in [2.24, 2.45) is 23.2 Å². The van der Waals surface area contributed by atoms with E-state index in [1.54, 1.807) is 0 Å². The van der Waals surface area contributed by atoms with Gasteiger partial charge in [-0.15, -0.1) is 0 Å². The minimum Gasteiger partial charge on any atom is -0.296 e. The summed E-state index contributed by atoms with van der Waals surface area (Å²) in [5.74, 6) is 1.29. The molecule has 1 aliphatic carbocycles. The molecule has 2 fully saturated rings. The minimum absolute atomic E-state index is 0.00566. The molecular formula is C18H31NO2.